The van der Waals surface area contributed by atoms with Crippen LogP contribution in [0.2, 0.25) is 0 Å². The predicted octanol–water partition coefficient (Wildman–Crippen LogP) is 1.58. The van der Waals surface area contributed by atoms with Crippen LogP contribution in [-0.4, -0.2) is 46.0 Å². The van der Waals surface area contributed by atoms with Gasteiger partial charge in [0.15, 0.2) is 0 Å². The Kier molecular flexibility index (Phi) is 6.73. The van der Waals surface area contributed by atoms with Gasteiger partial charge in [0, 0.05) is 38.3 Å². The molecule has 0 fully saturated rings. The number of nitrogens with zero attached hydrogens (tertiary/aromatic N) is 2. The van der Waals surface area contributed by atoms with Crippen LogP contribution in [-0.2, 0) is 19.2 Å². The van der Waals surface area contributed by atoms with Gasteiger partial charge in [-0.2, -0.15) is 0 Å². The molecule has 0 bridgehead atoms. The number of hydrogen-bond acceptors (Lipinski definition) is 4. The third-order valence-electron chi connectivity index (χ3n) is 2.99. The van der Waals surface area contributed by atoms with Gasteiger partial charge in [-0.05, 0) is 20.8 Å². The van der Waals surface area contributed by atoms with Crippen molar-refractivity contribution in [3.8, 4) is 0 Å². The second-order valence-corrected chi connectivity index (χ2v) is 6.36. The van der Waals surface area contributed by atoms with Crippen LogP contribution in [0.15, 0.2) is 0 Å². The van der Waals surface area contributed by atoms with Gasteiger partial charge in [0.2, 0.25) is 23.6 Å². The van der Waals surface area contributed by atoms with Crippen LogP contribution >= 0.6 is 0 Å². The van der Waals surface area contributed by atoms with Crippen molar-refractivity contribution in [3.05, 3.63) is 0 Å². The molecule has 6 nitrogen and oxygen atoms in total. The Labute approximate surface area is 126 Å². The molecule has 21 heavy (non-hydrogen) atoms. The van der Waals surface area contributed by atoms with E-state index in [0.29, 0.717) is 0 Å². The minimum atomic E-state index is -0.633. The summed E-state index contributed by atoms with van der Waals surface area (Å²) in [5.41, 5.74) is -0.633. The molecule has 0 spiro atoms. The molecule has 0 aliphatic rings. The van der Waals surface area contributed by atoms with Crippen LogP contribution in [0.5, 0.6) is 0 Å². The molecule has 0 unspecified atom stereocenters. The molecular formula is C15H26N2O4. The van der Waals surface area contributed by atoms with E-state index in [9.17, 15) is 19.2 Å². The van der Waals surface area contributed by atoms with Crippen LogP contribution < -0.4 is 0 Å². The summed E-state index contributed by atoms with van der Waals surface area (Å²) in [6, 6.07) is 0. The molecular weight excluding hydrogens is 272 g/mol. The third kappa shape index (κ3) is 5.65. The van der Waals surface area contributed by atoms with E-state index in [0.717, 1.165) is 9.80 Å². The van der Waals surface area contributed by atoms with Gasteiger partial charge in [-0.1, -0.05) is 13.8 Å². The zero-order chi connectivity index (χ0) is 17.0. The highest BCUT2D eigenvalue weighted by molar-refractivity contribution is 5.99. The van der Waals surface area contributed by atoms with E-state index < -0.39 is 17.4 Å². The topological polar surface area (TPSA) is 74.8 Å². The fourth-order valence-electron chi connectivity index (χ4n) is 2.03. The van der Waals surface area contributed by atoms with E-state index in [4.69, 9.17) is 0 Å². The second kappa shape index (κ2) is 7.33. The summed E-state index contributed by atoms with van der Waals surface area (Å²) in [4.78, 5) is 49.4. The van der Waals surface area contributed by atoms with Gasteiger partial charge >= 0.3 is 0 Å². The first-order valence-corrected chi connectivity index (χ1v) is 7.03. The second-order valence-electron chi connectivity index (χ2n) is 6.36. The largest absolute Gasteiger partial charge is 0.286 e. The van der Waals surface area contributed by atoms with Gasteiger partial charge in [-0.3, -0.25) is 29.0 Å². The maximum Gasteiger partial charge on any atom is 0.231 e. The molecule has 0 rings (SSSR count). The highest BCUT2D eigenvalue weighted by Gasteiger charge is 2.30. The number of carbonyl (C=O) groups excluding carboxylic acids is 4. The fraction of sp³-hybridized carbons (Fsp3) is 0.733. The maximum absolute atomic E-state index is 12.1. The van der Waals surface area contributed by atoms with E-state index in [1.54, 1.807) is 34.6 Å². The number of imide groups is 2. The van der Waals surface area contributed by atoms with E-state index >= 15 is 0 Å². The summed E-state index contributed by atoms with van der Waals surface area (Å²) < 4.78 is 0. The van der Waals surface area contributed by atoms with E-state index in [-0.39, 0.29) is 30.6 Å². The van der Waals surface area contributed by atoms with Crippen molar-refractivity contribution < 1.29 is 19.2 Å². The number of carbonyl (C=O) groups is 4. The summed E-state index contributed by atoms with van der Waals surface area (Å²) >= 11 is 0. The smallest absolute Gasteiger partial charge is 0.231 e. The summed E-state index contributed by atoms with van der Waals surface area (Å²) in [6.45, 7) is 9.98. The molecule has 0 heterocycles. The van der Waals surface area contributed by atoms with E-state index in [1.165, 1.54) is 14.0 Å². The van der Waals surface area contributed by atoms with Crippen molar-refractivity contribution in [3.63, 3.8) is 0 Å². The highest BCUT2D eigenvalue weighted by Crippen LogP contribution is 2.16. The molecule has 0 N–H and O–H groups in total. The highest BCUT2D eigenvalue weighted by atomic mass is 16.2. The SMILES string of the molecule is CC(=O)N(C(=O)CCC(=O)N(C)C(=O)C(C)C)C(C)(C)C. The van der Waals surface area contributed by atoms with Crippen molar-refractivity contribution in [1.82, 2.24) is 9.80 Å². The van der Waals surface area contributed by atoms with Crippen molar-refractivity contribution in [1.29, 1.82) is 0 Å². The molecule has 120 valence electrons. The molecule has 0 aromatic rings. The lowest BCUT2D eigenvalue weighted by molar-refractivity contribution is -0.152. The Hall–Kier alpha value is -1.72. The number of hydrogen-bond donors (Lipinski definition) is 0. The van der Waals surface area contributed by atoms with Crippen molar-refractivity contribution in [2.45, 2.75) is 59.9 Å². The van der Waals surface area contributed by atoms with Gasteiger partial charge in [0.1, 0.15) is 0 Å². The number of rotatable bonds is 4. The van der Waals surface area contributed by atoms with E-state index in [1.807, 2.05) is 0 Å². The van der Waals surface area contributed by atoms with Crippen LogP contribution in [0, 0.1) is 5.92 Å². The standard InChI is InChI=1S/C15H26N2O4/c1-10(2)14(21)16(7)12(19)8-9-13(20)17(11(3)18)15(4,5)6/h10H,8-9H2,1-7H3. The quantitative estimate of drug-likeness (QED) is 0.789. The van der Waals surface area contributed by atoms with Gasteiger partial charge in [0.25, 0.3) is 0 Å². The Balaban J connectivity index is 4.72. The van der Waals surface area contributed by atoms with Crippen molar-refractivity contribution in [2.75, 3.05) is 7.05 Å². The summed E-state index contributed by atoms with van der Waals surface area (Å²) in [7, 11) is 1.40. The van der Waals surface area contributed by atoms with Crippen LogP contribution in [0.25, 0.3) is 0 Å². The van der Waals surface area contributed by atoms with Crippen LogP contribution in [0.4, 0.5) is 0 Å². The molecule has 0 aromatic carbocycles. The van der Waals surface area contributed by atoms with Gasteiger partial charge in [-0.15, -0.1) is 0 Å². The molecule has 4 amide bonds. The molecule has 0 saturated carbocycles. The molecule has 6 heteroatoms. The Morgan fingerprint density at radius 3 is 1.71 bits per heavy atom. The first-order valence-electron chi connectivity index (χ1n) is 7.03. The van der Waals surface area contributed by atoms with Crippen molar-refractivity contribution >= 4 is 23.6 Å². The van der Waals surface area contributed by atoms with E-state index in [2.05, 4.69) is 0 Å². The minimum absolute atomic E-state index is 0.0896. The Morgan fingerprint density at radius 2 is 1.38 bits per heavy atom. The molecule has 0 aromatic heterocycles. The molecule has 0 saturated heterocycles. The summed E-state index contributed by atoms with van der Waals surface area (Å²) in [5, 5.41) is 0. The van der Waals surface area contributed by atoms with Gasteiger partial charge < -0.3 is 0 Å². The lowest BCUT2D eigenvalue weighted by Crippen LogP contribution is -2.48. The van der Waals surface area contributed by atoms with Crippen LogP contribution in [0.1, 0.15) is 54.4 Å². The summed E-state index contributed by atoms with van der Waals surface area (Å²) in [6.07, 6.45) is -0.181. The average Bonchev–Trinajstić information content (AvgIpc) is 2.31. The third-order valence-corrected chi connectivity index (χ3v) is 2.99. The molecule has 0 aliphatic carbocycles. The maximum atomic E-state index is 12.1. The summed E-state index contributed by atoms with van der Waals surface area (Å²) in [5.74, 6) is -1.75. The van der Waals surface area contributed by atoms with Gasteiger partial charge in [0.05, 0.1) is 0 Å². The lowest BCUT2D eigenvalue weighted by atomic mass is 10.0. The monoisotopic (exact) mass is 298 g/mol. The Morgan fingerprint density at radius 1 is 0.952 bits per heavy atom. The molecule has 0 aliphatic heterocycles. The lowest BCUT2D eigenvalue weighted by Gasteiger charge is -2.33. The minimum Gasteiger partial charge on any atom is -0.286 e. The fourth-order valence-corrected chi connectivity index (χ4v) is 2.03. The zero-order valence-corrected chi connectivity index (χ0v) is 14.0. The van der Waals surface area contributed by atoms with Gasteiger partial charge in [-0.25, -0.2) is 0 Å². The van der Waals surface area contributed by atoms with Crippen LogP contribution in [0.3, 0.4) is 0 Å². The average molecular weight is 298 g/mol. The number of amides is 4. The molecule has 0 radical (unpaired) electrons. The zero-order valence-electron chi connectivity index (χ0n) is 14.0. The first kappa shape index (κ1) is 19.3. The molecule has 0 atom stereocenters. The van der Waals surface area contributed by atoms with Crippen molar-refractivity contribution in [2.24, 2.45) is 5.92 Å². The first-order chi connectivity index (χ1) is 9.39. The normalized spacial score (nSPS) is 11.2. The Bertz CT molecular complexity index is 435. The predicted molar refractivity (Wildman–Crippen MR) is 79.1 cm³/mol.